The Morgan fingerprint density at radius 3 is 2.64 bits per heavy atom. The number of nitrogens with two attached hydrogens (primary N) is 1. The molecule has 0 bridgehead atoms. The van der Waals surface area contributed by atoms with Crippen molar-refractivity contribution in [2.24, 2.45) is 11.7 Å². The van der Waals surface area contributed by atoms with Crippen molar-refractivity contribution in [3.63, 3.8) is 0 Å². The second-order valence-corrected chi connectivity index (χ2v) is 3.82. The van der Waals surface area contributed by atoms with E-state index in [-0.39, 0.29) is 12.1 Å². The van der Waals surface area contributed by atoms with E-state index in [0.717, 1.165) is 12.8 Å². The molecular formula is C9H19NO. The zero-order chi connectivity index (χ0) is 8.27. The highest BCUT2D eigenvalue weighted by atomic mass is 16.3. The molecule has 0 amide bonds. The normalized spacial score (nSPS) is 35.2. The van der Waals surface area contributed by atoms with Gasteiger partial charge >= 0.3 is 0 Å². The molecular weight excluding hydrogens is 138 g/mol. The maximum atomic E-state index is 9.56. The number of hydrogen-bond acceptors (Lipinski definition) is 2. The van der Waals surface area contributed by atoms with E-state index in [1.807, 2.05) is 6.92 Å². The fourth-order valence-corrected chi connectivity index (χ4v) is 1.94. The van der Waals surface area contributed by atoms with E-state index in [1.54, 1.807) is 0 Å². The Morgan fingerprint density at radius 1 is 1.45 bits per heavy atom. The van der Waals surface area contributed by atoms with Crippen LogP contribution in [-0.4, -0.2) is 17.3 Å². The van der Waals surface area contributed by atoms with Gasteiger partial charge in [-0.2, -0.15) is 0 Å². The maximum absolute atomic E-state index is 9.56. The van der Waals surface area contributed by atoms with Crippen molar-refractivity contribution in [2.75, 3.05) is 0 Å². The number of aliphatic hydroxyl groups is 1. The van der Waals surface area contributed by atoms with Gasteiger partial charge in [-0.1, -0.05) is 12.8 Å². The molecule has 0 heterocycles. The molecule has 1 aliphatic rings. The van der Waals surface area contributed by atoms with Crippen LogP contribution in [0, 0.1) is 5.92 Å². The van der Waals surface area contributed by atoms with Crippen molar-refractivity contribution >= 4 is 0 Å². The summed E-state index contributed by atoms with van der Waals surface area (Å²) in [6.45, 7) is 2.02. The van der Waals surface area contributed by atoms with Crippen LogP contribution in [0.1, 0.15) is 39.0 Å². The lowest BCUT2D eigenvalue weighted by Crippen LogP contribution is -2.30. The first-order valence-corrected chi connectivity index (χ1v) is 4.64. The van der Waals surface area contributed by atoms with Crippen LogP contribution >= 0.6 is 0 Å². The van der Waals surface area contributed by atoms with Crippen LogP contribution in [0.2, 0.25) is 0 Å². The first-order valence-electron chi connectivity index (χ1n) is 4.64. The standard InChI is InChI=1S/C9H19NO/c1-7(10)6-8-4-2-3-5-9(8)11/h7-9,11H,2-6,10H2,1H3. The van der Waals surface area contributed by atoms with Gasteiger partial charge in [-0.25, -0.2) is 0 Å². The van der Waals surface area contributed by atoms with Crippen LogP contribution in [0.5, 0.6) is 0 Å². The van der Waals surface area contributed by atoms with Crippen LogP contribution in [-0.2, 0) is 0 Å². The van der Waals surface area contributed by atoms with Crippen LogP contribution in [0.25, 0.3) is 0 Å². The van der Waals surface area contributed by atoms with Gasteiger partial charge in [0, 0.05) is 6.04 Å². The lowest BCUT2D eigenvalue weighted by atomic mass is 9.83. The lowest BCUT2D eigenvalue weighted by molar-refractivity contribution is 0.0625. The molecule has 0 aliphatic heterocycles. The minimum absolute atomic E-state index is 0.0743. The summed E-state index contributed by atoms with van der Waals surface area (Å²) in [4.78, 5) is 0. The van der Waals surface area contributed by atoms with E-state index < -0.39 is 0 Å². The second-order valence-electron chi connectivity index (χ2n) is 3.82. The average Bonchev–Trinajstić information content (AvgIpc) is 1.93. The van der Waals surface area contributed by atoms with Crippen molar-refractivity contribution in [1.29, 1.82) is 0 Å². The predicted octanol–water partition coefficient (Wildman–Crippen LogP) is 1.27. The molecule has 1 aliphatic carbocycles. The van der Waals surface area contributed by atoms with Crippen LogP contribution in [0.4, 0.5) is 0 Å². The van der Waals surface area contributed by atoms with E-state index in [4.69, 9.17) is 5.73 Å². The Balaban J connectivity index is 2.29. The van der Waals surface area contributed by atoms with Gasteiger partial charge in [0.05, 0.1) is 6.10 Å². The van der Waals surface area contributed by atoms with E-state index in [1.165, 1.54) is 19.3 Å². The van der Waals surface area contributed by atoms with Gasteiger partial charge in [0.2, 0.25) is 0 Å². The van der Waals surface area contributed by atoms with E-state index in [0.29, 0.717) is 5.92 Å². The highest BCUT2D eigenvalue weighted by Crippen LogP contribution is 2.27. The number of hydrogen-bond donors (Lipinski definition) is 2. The van der Waals surface area contributed by atoms with E-state index in [9.17, 15) is 5.11 Å². The quantitative estimate of drug-likeness (QED) is 0.634. The predicted molar refractivity (Wildman–Crippen MR) is 46.2 cm³/mol. The molecule has 3 unspecified atom stereocenters. The zero-order valence-electron chi connectivity index (χ0n) is 7.29. The molecule has 66 valence electrons. The highest BCUT2D eigenvalue weighted by Gasteiger charge is 2.23. The number of rotatable bonds is 2. The molecule has 0 radical (unpaired) electrons. The largest absolute Gasteiger partial charge is 0.393 e. The topological polar surface area (TPSA) is 46.2 Å². The zero-order valence-corrected chi connectivity index (χ0v) is 7.29. The van der Waals surface area contributed by atoms with Crippen LogP contribution in [0.3, 0.4) is 0 Å². The molecule has 0 spiro atoms. The lowest BCUT2D eigenvalue weighted by Gasteiger charge is -2.28. The first kappa shape index (κ1) is 9.01. The monoisotopic (exact) mass is 157 g/mol. The summed E-state index contributed by atoms with van der Waals surface area (Å²) in [6, 6.07) is 0.243. The van der Waals surface area contributed by atoms with E-state index in [2.05, 4.69) is 0 Å². The summed E-state index contributed by atoms with van der Waals surface area (Å²) in [5, 5.41) is 9.56. The van der Waals surface area contributed by atoms with Crippen LogP contribution < -0.4 is 5.73 Å². The van der Waals surface area contributed by atoms with Crippen molar-refractivity contribution in [2.45, 2.75) is 51.2 Å². The molecule has 0 aromatic carbocycles. The first-order chi connectivity index (χ1) is 5.20. The SMILES string of the molecule is CC(N)CC1CCCCC1O. The fourth-order valence-electron chi connectivity index (χ4n) is 1.94. The molecule has 1 fully saturated rings. The average molecular weight is 157 g/mol. The van der Waals surface area contributed by atoms with Gasteiger partial charge < -0.3 is 10.8 Å². The van der Waals surface area contributed by atoms with Gasteiger partial charge in [0.25, 0.3) is 0 Å². The molecule has 1 rings (SSSR count). The molecule has 2 nitrogen and oxygen atoms in total. The molecule has 0 aromatic rings. The van der Waals surface area contributed by atoms with Crippen molar-refractivity contribution in [3.8, 4) is 0 Å². The summed E-state index contributed by atoms with van der Waals surface area (Å²) in [7, 11) is 0. The Morgan fingerprint density at radius 2 is 2.09 bits per heavy atom. The summed E-state index contributed by atoms with van der Waals surface area (Å²) in [5.41, 5.74) is 5.67. The van der Waals surface area contributed by atoms with Gasteiger partial charge in [0.1, 0.15) is 0 Å². The minimum atomic E-state index is -0.0743. The number of aliphatic hydroxyl groups excluding tert-OH is 1. The van der Waals surface area contributed by atoms with Crippen LogP contribution in [0.15, 0.2) is 0 Å². The fraction of sp³-hybridized carbons (Fsp3) is 1.00. The van der Waals surface area contributed by atoms with Gasteiger partial charge in [0.15, 0.2) is 0 Å². The highest BCUT2D eigenvalue weighted by molar-refractivity contribution is 4.76. The molecule has 3 N–H and O–H groups in total. The second kappa shape index (κ2) is 4.07. The third-order valence-electron chi connectivity index (χ3n) is 2.54. The third kappa shape index (κ3) is 2.80. The molecule has 0 saturated heterocycles. The van der Waals surface area contributed by atoms with Gasteiger partial charge in [-0.3, -0.25) is 0 Å². The third-order valence-corrected chi connectivity index (χ3v) is 2.54. The van der Waals surface area contributed by atoms with Crippen molar-refractivity contribution < 1.29 is 5.11 Å². The Hall–Kier alpha value is -0.0800. The summed E-state index contributed by atoms with van der Waals surface area (Å²) >= 11 is 0. The molecule has 0 aromatic heterocycles. The summed E-state index contributed by atoms with van der Waals surface area (Å²) in [6.07, 6.45) is 5.53. The smallest absolute Gasteiger partial charge is 0.0569 e. The van der Waals surface area contributed by atoms with Crippen molar-refractivity contribution in [3.05, 3.63) is 0 Å². The summed E-state index contributed by atoms with van der Waals surface area (Å²) in [5.74, 6) is 0.476. The molecule has 2 heteroatoms. The molecule has 3 atom stereocenters. The van der Waals surface area contributed by atoms with E-state index >= 15 is 0 Å². The van der Waals surface area contributed by atoms with Crippen molar-refractivity contribution in [1.82, 2.24) is 0 Å². The van der Waals surface area contributed by atoms with Gasteiger partial charge in [-0.15, -0.1) is 0 Å². The Labute approximate surface area is 68.8 Å². The summed E-state index contributed by atoms with van der Waals surface area (Å²) < 4.78 is 0. The molecule has 1 saturated carbocycles. The van der Waals surface area contributed by atoms with Gasteiger partial charge in [-0.05, 0) is 32.1 Å². The minimum Gasteiger partial charge on any atom is -0.393 e. The maximum Gasteiger partial charge on any atom is 0.0569 e. The Kier molecular flexibility index (Phi) is 3.34. The molecule has 11 heavy (non-hydrogen) atoms. The Bertz CT molecular complexity index is 114.